The highest BCUT2D eigenvalue weighted by atomic mass is 32.1. The zero-order valence-corrected chi connectivity index (χ0v) is 11.1. The first kappa shape index (κ1) is 12.6. The Kier molecular flexibility index (Phi) is 4.57. The van der Waals surface area contributed by atoms with Gasteiger partial charge in [-0.3, -0.25) is 4.79 Å². The van der Waals surface area contributed by atoms with Crippen molar-refractivity contribution in [1.82, 2.24) is 10.6 Å². The number of rotatable bonds is 5. The molecule has 1 aliphatic rings. The number of carbonyl (C=O) groups is 1. The summed E-state index contributed by atoms with van der Waals surface area (Å²) in [4.78, 5) is 14.3. The maximum Gasteiger partial charge on any atom is 0.220 e. The molecule has 4 heteroatoms. The number of nitrogens with one attached hydrogen (secondary N) is 2. The standard InChI is InChI=1S/C13H20N2OS/c1-2-11-3-4-12(17-11)9-15-13(16)7-10-5-6-14-8-10/h3-4,10,14H,2,5-9H2,1H3,(H,15,16). The normalized spacial score (nSPS) is 19.5. The van der Waals surface area contributed by atoms with Crippen LogP contribution in [0.2, 0.25) is 0 Å². The van der Waals surface area contributed by atoms with Crippen LogP contribution >= 0.6 is 11.3 Å². The van der Waals surface area contributed by atoms with Crippen molar-refractivity contribution in [1.29, 1.82) is 0 Å². The van der Waals surface area contributed by atoms with Crippen LogP contribution in [0.25, 0.3) is 0 Å². The molecule has 0 aromatic carbocycles. The highest BCUT2D eigenvalue weighted by molar-refractivity contribution is 7.11. The number of amides is 1. The minimum atomic E-state index is 0.185. The fourth-order valence-electron chi connectivity index (χ4n) is 2.12. The van der Waals surface area contributed by atoms with Crippen molar-refractivity contribution in [2.45, 2.75) is 32.7 Å². The molecule has 0 saturated carbocycles. The molecule has 1 unspecified atom stereocenters. The van der Waals surface area contributed by atoms with Crippen molar-refractivity contribution in [2.75, 3.05) is 13.1 Å². The molecule has 17 heavy (non-hydrogen) atoms. The summed E-state index contributed by atoms with van der Waals surface area (Å²) in [5.74, 6) is 0.717. The summed E-state index contributed by atoms with van der Waals surface area (Å²) in [6.45, 7) is 4.89. The van der Waals surface area contributed by atoms with E-state index >= 15 is 0 Å². The Hall–Kier alpha value is -0.870. The average molecular weight is 252 g/mol. The van der Waals surface area contributed by atoms with Gasteiger partial charge in [0.2, 0.25) is 5.91 Å². The van der Waals surface area contributed by atoms with E-state index in [1.165, 1.54) is 9.75 Å². The van der Waals surface area contributed by atoms with Crippen LogP contribution in [-0.2, 0) is 17.8 Å². The molecule has 94 valence electrons. The van der Waals surface area contributed by atoms with Crippen molar-refractivity contribution in [2.24, 2.45) is 5.92 Å². The second-order valence-corrected chi connectivity index (χ2v) is 5.81. The molecule has 2 rings (SSSR count). The van der Waals surface area contributed by atoms with Gasteiger partial charge in [-0.15, -0.1) is 11.3 Å². The molecule has 1 saturated heterocycles. The number of carbonyl (C=O) groups excluding carboxylic acids is 1. The lowest BCUT2D eigenvalue weighted by atomic mass is 10.0. The van der Waals surface area contributed by atoms with Gasteiger partial charge < -0.3 is 10.6 Å². The fraction of sp³-hybridized carbons (Fsp3) is 0.615. The third-order valence-electron chi connectivity index (χ3n) is 3.16. The van der Waals surface area contributed by atoms with E-state index in [1.807, 2.05) is 0 Å². The lowest BCUT2D eigenvalue weighted by Gasteiger charge is -2.08. The number of thiophene rings is 1. The van der Waals surface area contributed by atoms with E-state index in [4.69, 9.17) is 0 Å². The van der Waals surface area contributed by atoms with E-state index in [0.717, 1.165) is 25.9 Å². The quantitative estimate of drug-likeness (QED) is 0.840. The van der Waals surface area contributed by atoms with Crippen LogP contribution in [-0.4, -0.2) is 19.0 Å². The van der Waals surface area contributed by atoms with Crippen LogP contribution in [0.15, 0.2) is 12.1 Å². The van der Waals surface area contributed by atoms with Crippen molar-refractivity contribution >= 4 is 17.2 Å². The lowest BCUT2D eigenvalue weighted by Crippen LogP contribution is -2.25. The topological polar surface area (TPSA) is 41.1 Å². The third-order valence-corrected chi connectivity index (χ3v) is 4.39. The minimum Gasteiger partial charge on any atom is -0.351 e. The van der Waals surface area contributed by atoms with Crippen molar-refractivity contribution in [3.63, 3.8) is 0 Å². The fourth-order valence-corrected chi connectivity index (χ4v) is 3.01. The Morgan fingerprint density at radius 3 is 3.00 bits per heavy atom. The Bertz CT molecular complexity index is 369. The summed E-state index contributed by atoms with van der Waals surface area (Å²) in [5, 5.41) is 6.29. The molecule has 0 spiro atoms. The van der Waals surface area contributed by atoms with Gasteiger partial charge in [-0.25, -0.2) is 0 Å². The maximum atomic E-state index is 11.7. The van der Waals surface area contributed by atoms with Gasteiger partial charge in [0.15, 0.2) is 0 Å². The van der Waals surface area contributed by atoms with E-state index in [0.29, 0.717) is 18.9 Å². The largest absolute Gasteiger partial charge is 0.351 e. The Morgan fingerprint density at radius 2 is 2.35 bits per heavy atom. The molecular formula is C13H20N2OS. The van der Waals surface area contributed by atoms with Gasteiger partial charge in [0, 0.05) is 16.2 Å². The second-order valence-electron chi connectivity index (χ2n) is 4.56. The van der Waals surface area contributed by atoms with Gasteiger partial charge in [0.25, 0.3) is 0 Å². The van der Waals surface area contributed by atoms with Crippen LogP contribution < -0.4 is 10.6 Å². The summed E-state index contributed by atoms with van der Waals surface area (Å²) in [5.41, 5.74) is 0. The third kappa shape index (κ3) is 3.82. The van der Waals surface area contributed by atoms with Crippen LogP contribution in [0, 0.1) is 5.92 Å². The molecule has 2 heterocycles. The first-order valence-electron chi connectivity index (χ1n) is 6.33. The van der Waals surface area contributed by atoms with Gasteiger partial charge in [-0.1, -0.05) is 6.92 Å². The van der Waals surface area contributed by atoms with Gasteiger partial charge in [0.1, 0.15) is 0 Å². The number of hydrogen-bond acceptors (Lipinski definition) is 3. The maximum absolute atomic E-state index is 11.7. The molecule has 0 aliphatic carbocycles. The van der Waals surface area contributed by atoms with E-state index in [9.17, 15) is 4.79 Å². The molecule has 0 radical (unpaired) electrons. The van der Waals surface area contributed by atoms with Gasteiger partial charge in [-0.05, 0) is 44.0 Å². The molecular weight excluding hydrogens is 232 g/mol. The summed E-state index contributed by atoms with van der Waals surface area (Å²) < 4.78 is 0. The molecule has 1 aromatic heterocycles. The molecule has 2 N–H and O–H groups in total. The van der Waals surface area contributed by atoms with E-state index in [-0.39, 0.29) is 5.91 Å². The van der Waals surface area contributed by atoms with Crippen LogP contribution in [0.1, 0.15) is 29.5 Å². The average Bonchev–Trinajstić information content (AvgIpc) is 2.96. The zero-order chi connectivity index (χ0) is 12.1. The summed E-state index contributed by atoms with van der Waals surface area (Å²) >= 11 is 1.79. The van der Waals surface area contributed by atoms with Gasteiger partial charge in [0.05, 0.1) is 6.54 Å². The predicted octanol–water partition coefficient (Wildman–Crippen LogP) is 1.93. The zero-order valence-electron chi connectivity index (χ0n) is 10.3. The SMILES string of the molecule is CCc1ccc(CNC(=O)CC2CCNC2)s1. The number of hydrogen-bond donors (Lipinski definition) is 2. The van der Waals surface area contributed by atoms with Crippen molar-refractivity contribution < 1.29 is 4.79 Å². The highest BCUT2D eigenvalue weighted by Gasteiger charge is 2.17. The number of aryl methyl sites for hydroxylation is 1. The highest BCUT2D eigenvalue weighted by Crippen LogP contribution is 2.17. The first-order valence-corrected chi connectivity index (χ1v) is 7.14. The Labute approximate surface area is 107 Å². The summed E-state index contributed by atoms with van der Waals surface area (Å²) in [7, 11) is 0. The Morgan fingerprint density at radius 1 is 1.53 bits per heavy atom. The van der Waals surface area contributed by atoms with Gasteiger partial charge in [-0.2, -0.15) is 0 Å². The van der Waals surface area contributed by atoms with Crippen LogP contribution in [0.5, 0.6) is 0 Å². The van der Waals surface area contributed by atoms with Crippen molar-refractivity contribution in [3.8, 4) is 0 Å². The minimum absolute atomic E-state index is 0.185. The van der Waals surface area contributed by atoms with Gasteiger partial charge >= 0.3 is 0 Å². The first-order chi connectivity index (χ1) is 8.28. The molecule has 1 aromatic rings. The smallest absolute Gasteiger partial charge is 0.220 e. The van der Waals surface area contributed by atoms with Crippen LogP contribution in [0.4, 0.5) is 0 Å². The van der Waals surface area contributed by atoms with E-state index in [1.54, 1.807) is 11.3 Å². The molecule has 1 aliphatic heterocycles. The molecule has 1 amide bonds. The molecule has 0 bridgehead atoms. The molecule has 3 nitrogen and oxygen atoms in total. The molecule has 1 atom stereocenters. The predicted molar refractivity (Wildman–Crippen MR) is 71.1 cm³/mol. The molecule has 1 fully saturated rings. The summed E-state index contributed by atoms with van der Waals surface area (Å²) in [6, 6.07) is 4.26. The van der Waals surface area contributed by atoms with Crippen molar-refractivity contribution in [3.05, 3.63) is 21.9 Å². The van der Waals surface area contributed by atoms with E-state index in [2.05, 4.69) is 29.7 Å². The summed E-state index contributed by atoms with van der Waals surface area (Å²) in [6.07, 6.45) is 2.87. The van der Waals surface area contributed by atoms with E-state index < -0.39 is 0 Å². The Balaban J connectivity index is 1.71. The lowest BCUT2D eigenvalue weighted by molar-refractivity contribution is -0.122. The van der Waals surface area contributed by atoms with Crippen LogP contribution in [0.3, 0.4) is 0 Å². The monoisotopic (exact) mass is 252 g/mol. The second kappa shape index (κ2) is 6.17.